The molecule has 1 amide bonds. The molecule has 4 rings (SSSR count). The third kappa shape index (κ3) is 2.89. The first-order chi connectivity index (χ1) is 12.1. The van der Waals surface area contributed by atoms with Gasteiger partial charge in [-0.1, -0.05) is 35.6 Å². The number of benzene rings is 2. The number of aryl methyl sites for hydroxylation is 1. The summed E-state index contributed by atoms with van der Waals surface area (Å²) in [7, 11) is 0. The van der Waals surface area contributed by atoms with E-state index in [1.54, 1.807) is 30.5 Å². The minimum atomic E-state index is -0.404. The highest BCUT2D eigenvalue weighted by Gasteiger charge is 2.14. The highest BCUT2D eigenvalue weighted by Crippen LogP contribution is 2.28. The van der Waals surface area contributed by atoms with E-state index in [0.717, 1.165) is 15.8 Å². The van der Waals surface area contributed by atoms with Crippen LogP contribution in [0.15, 0.2) is 54.7 Å². The van der Waals surface area contributed by atoms with Crippen LogP contribution in [0.1, 0.15) is 16.1 Å². The Morgan fingerprint density at radius 1 is 1.16 bits per heavy atom. The Morgan fingerprint density at radius 3 is 2.80 bits per heavy atom. The molecule has 0 saturated carbocycles. The first-order valence-electron chi connectivity index (χ1n) is 7.60. The van der Waals surface area contributed by atoms with Gasteiger partial charge in [0.15, 0.2) is 10.8 Å². The fourth-order valence-corrected chi connectivity index (χ4v) is 3.46. The SMILES string of the molecule is Cc1cccc2sc(NC(=O)c3ccn(-c4ccccc4F)n3)nc12. The Labute approximate surface area is 146 Å². The van der Waals surface area contributed by atoms with Crippen LogP contribution in [-0.2, 0) is 0 Å². The predicted octanol–water partition coefficient (Wildman–Crippen LogP) is 4.18. The summed E-state index contributed by atoms with van der Waals surface area (Å²) in [5, 5.41) is 7.41. The molecular formula is C18H13FN4OS. The lowest BCUT2D eigenvalue weighted by atomic mass is 10.2. The van der Waals surface area contributed by atoms with E-state index in [4.69, 9.17) is 0 Å². The third-order valence-corrected chi connectivity index (χ3v) is 4.70. The van der Waals surface area contributed by atoms with Crippen molar-refractivity contribution in [3.8, 4) is 5.69 Å². The number of carbonyl (C=O) groups is 1. The lowest BCUT2D eigenvalue weighted by molar-refractivity contribution is 0.102. The summed E-state index contributed by atoms with van der Waals surface area (Å²) in [5.41, 5.74) is 2.41. The monoisotopic (exact) mass is 352 g/mol. The van der Waals surface area contributed by atoms with Gasteiger partial charge in [0.25, 0.3) is 5.91 Å². The summed E-state index contributed by atoms with van der Waals surface area (Å²) in [6, 6.07) is 13.7. The molecule has 5 nitrogen and oxygen atoms in total. The van der Waals surface area contributed by atoms with E-state index >= 15 is 0 Å². The van der Waals surface area contributed by atoms with Crippen LogP contribution >= 0.6 is 11.3 Å². The molecule has 0 fully saturated rings. The van der Waals surface area contributed by atoms with E-state index in [9.17, 15) is 9.18 Å². The van der Waals surface area contributed by atoms with Crippen LogP contribution in [0.5, 0.6) is 0 Å². The maximum absolute atomic E-state index is 13.8. The number of nitrogens with zero attached hydrogens (tertiary/aromatic N) is 3. The molecule has 25 heavy (non-hydrogen) atoms. The van der Waals surface area contributed by atoms with Crippen molar-refractivity contribution in [1.29, 1.82) is 0 Å². The molecule has 7 heteroatoms. The number of para-hydroxylation sites is 2. The Morgan fingerprint density at radius 2 is 2.00 bits per heavy atom. The number of nitrogens with one attached hydrogen (secondary N) is 1. The zero-order valence-corrected chi connectivity index (χ0v) is 14.0. The number of thiazole rings is 1. The second kappa shape index (κ2) is 6.10. The van der Waals surface area contributed by atoms with E-state index in [1.807, 2.05) is 25.1 Å². The fourth-order valence-electron chi connectivity index (χ4n) is 2.52. The Balaban J connectivity index is 1.59. The summed E-state index contributed by atoms with van der Waals surface area (Å²) < 4.78 is 16.2. The Bertz CT molecular complexity index is 1090. The molecule has 4 aromatic rings. The summed E-state index contributed by atoms with van der Waals surface area (Å²) in [6.45, 7) is 1.98. The summed E-state index contributed by atoms with van der Waals surface area (Å²) in [4.78, 5) is 16.8. The van der Waals surface area contributed by atoms with Crippen molar-refractivity contribution >= 4 is 32.6 Å². The Hall–Kier alpha value is -3.06. The molecule has 1 N–H and O–H groups in total. The van der Waals surface area contributed by atoms with Crippen molar-refractivity contribution in [3.63, 3.8) is 0 Å². The van der Waals surface area contributed by atoms with Gasteiger partial charge in [0, 0.05) is 6.20 Å². The fraction of sp³-hybridized carbons (Fsp3) is 0.0556. The van der Waals surface area contributed by atoms with Crippen molar-refractivity contribution in [1.82, 2.24) is 14.8 Å². The van der Waals surface area contributed by atoms with E-state index in [-0.39, 0.29) is 17.3 Å². The quantitative estimate of drug-likeness (QED) is 0.602. The lowest BCUT2D eigenvalue weighted by Gasteiger charge is -2.02. The molecule has 0 saturated heterocycles. The number of rotatable bonds is 3. The highest BCUT2D eigenvalue weighted by molar-refractivity contribution is 7.22. The van der Waals surface area contributed by atoms with Gasteiger partial charge >= 0.3 is 0 Å². The molecule has 2 aromatic carbocycles. The third-order valence-electron chi connectivity index (χ3n) is 3.76. The number of carbonyl (C=O) groups excluding carboxylic acids is 1. The van der Waals surface area contributed by atoms with Crippen LogP contribution in [0.4, 0.5) is 9.52 Å². The number of anilines is 1. The van der Waals surface area contributed by atoms with Crippen LogP contribution in [0, 0.1) is 12.7 Å². The maximum Gasteiger partial charge on any atom is 0.277 e. The van der Waals surface area contributed by atoms with Gasteiger partial charge in [-0.25, -0.2) is 14.1 Å². The zero-order valence-electron chi connectivity index (χ0n) is 13.2. The van der Waals surface area contributed by atoms with Crippen molar-refractivity contribution in [2.75, 3.05) is 5.32 Å². The molecule has 2 aromatic heterocycles. The summed E-state index contributed by atoms with van der Waals surface area (Å²) in [5.74, 6) is -0.786. The molecule has 124 valence electrons. The normalized spacial score (nSPS) is 11.0. The zero-order chi connectivity index (χ0) is 17.4. The molecule has 0 aliphatic heterocycles. The van der Waals surface area contributed by atoms with E-state index in [1.165, 1.54) is 22.1 Å². The number of hydrogen-bond donors (Lipinski definition) is 1. The molecule has 0 spiro atoms. The van der Waals surface area contributed by atoms with Gasteiger partial charge in [0.2, 0.25) is 0 Å². The number of amides is 1. The van der Waals surface area contributed by atoms with Crippen LogP contribution in [0.25, 0.3) is 15.9 Å². The van der Waals surface area contributed by atoms with Crippen LogP contribution in [0.3, 0.4) is 0 Å². The first-order valence-corrected chi connectivity index (χ1v) is 8.41. The lowest BCUT2D eigenvalue weighted by Crippen LogP contribution is -2.13. The standard InChI is InChI=1S/C18H13FN4OS/c1-11-5-4-8-15-16(11)20-18(25-15)21-17(24)13-9-10-23(22-13)14-7-3-2-6-12(14)19/h2-10H,1H3,(H,20,21,24). The molecular weight excluding hydrogens is 339 g/mol. The van der Waals surface area contributed by atoms with Crippen LogP contribution in [0.2, 0.25) is 0 Å². The summed E-state index contributed by atoms with van der Waals surface area (Å²) in [6.07, 6.45) is 1.55. The highest BCUT2D eigenvalue weighted by atomic mass is 32.1. The van der Waals surface area contributed by atoms with E-state index < -0.39 is 5.82 Å². The largest absolute Gasteiger partial charge is 0.296 e. The van der Waals surface area contributed by atoms with Gasteiger partial charge < -0.3 is 0 Å². The topological polar surface area (TPSA) is 59.8 Å². The van der Waals surface area contributed by atoms with E-state index in [0.29, 0.717) is 5.13 Å². The van der Waals surface area contributed by atoms with Gasteiger partial charge in [-0.15, -0.1) is 0 Å². The van der Waals surface area contributed by atoms with Crippen LogP contribution < -0.4 is 5.32 Å². The van der Waals surface area contributed by atoms with E-state index in [2.05, 4.69) is 15.4 Å². The first kappa shape index (κ1) is 15.5. The smallest absolute Gasteiger partial charge is 0.277 e. The Kier molecular flexibility index (Phi) is 3.77. The number of hydrogen-bond acceptors (Lipinski definition) is 4. The van der Waals surface area contributed by atoms with Crippen LogP contribution in [-0.4, -0.2) is 20.7 Å². The van der Waals surface area contributed by atoms with Crippen molar-refractivity contribution in [3.05, 3.63) is 71.8 Å². The minimum absolute atomic E-state index is 0.194. The molecule has 0 aliphatic carbocycles. The molecule has 0 aliphatic rings. The number of fused-ring (bicyclic) bond motifs is 1. The van der Waals surface area contributed by atoms with Gasteiger partial charge in [0.1, 0.15) is 11.5 Å². The minimum Gasteiger partial charge on any atom is -0.296 e. The summed E-state index contributed by atoms with van der Waals surface area (Å²) >= 11 is 1.40. The van der Waals surface area contributed by atoms with Gasteiger partial charge in [-0.2, -0.15) is 5.10 Å². The average molecular weight is 352 g/mol. The van der Waals surface area contributed by atoms with Gasteiger partial charge in [-0.05, 0) is 36.8 Å². The molecule has 0 atom stereocenters. The molecule has 0 bridgehead atoms. The van der Waals surface area contributed by atoms with Gasteiger partial charge in [0.05, 0.1) is 10.2 Å². The number of aromatic nitrogens is 3. The second-order valence-electron chi connectivity index (χ2n) is 5.49. The molecule has 0 unspecified atom stereocenters. The van der Waals surface area contributed by atoms with Crippen molar-refractivity contribution in [2.45, 2.75) is 6.92 Å². The van der Waals surface area contributed by atoms with Crippen molar-refractivity contribution < 1.29 is 9.18 Å². The van der Waals surface area contributed by atoms with Crippen molar-refractivity contribution in [2.24, 2.45) is 0 Å². The average Bonchev–Trinajstić information content (AvgIpc) is 3.23. The second-order valence-corrected chi connectivity index (χ2v) is 6.52. The maximum atomic E-state index is 13.8. The molecule has 0 radical (unpaired) electrons. The van der Waals surface area contributed by atoms with Gasteiger partial charge in [-0.3, -0.25) is 10.1 Å². The predicted molar refractivity (Wildman–Crippen MR) is 95.8 cm³/mol. The molecule has 2 heterocycles. The number of halogens is 1.